The Morgan fingerprint density at radius 3 is 2.26 bits per heavy atom. The van der Waals surface area contributed by atoms with Crippen LogP contribution in [0.3, 0.4) is 0 Å². The summed E-state index contributed by atoms with van der Waals surface area (Å²) < 4.78 is 44.1. The maximum absolute atomic E-state index is 13.9. The molecule has 3 aromatic rings. The van der Waals surface area contributed by atoms with Crippen LogP contribution in [0.2, 0.25) is 0 Å². The number of ether oxygens (including phenoxy) is 1. The number of benzene rings is 3. The first kappa shape index (κ1) is 18.7. The first-order valence-electron chi connectivity index (χ1n) is 7.70. The predicted octanol–water partition coefficient (Wildman–Crippen LogP) is 5.07. The lowest BCUT2D eigenvalue weighted by Crippen LogP contribution is -1.95. The Bertz CT molecular complexity index is 1040. The number of nitro groups is 1. The smallest absolute Gasteiger partial charge is 0.273 e. The molecule has 0 radical (unpaired) electrons. The molecule has 0 fully saturated rings. The minimum absolute atomic E-state index is 0.0417. The summed E-state index contributed by atoms with van der Waals surface area (Å²) in [6, 6.07) is 13.4. The van der Waals surface area contributed by atoms with Crippen LogP contribution in [0.1, 0.15) is 0 Å². The Kier molecular flexibility index (Phi) is 5.27. The summed E-state index contributed by atoms with van der Waals surface area (Å²) in [6.45, 7) is 0. The van der Waals surface area contributed by atoms with Crippen molar-refractivity contribution in [2.45, 2.75) is 4.90 Å². The number of hydrogen-bond acceptors (Lipinski definition) is 4. The number of rotatable bonds is 5. The Morgan fingerprint density at radius 1 is 0.963 bits per heavy atom. The summed E-state index contributed by atoms with van der Waals surface area (Å²) >= 11 is 0. The van der Waals surface area contributed by atoms with Crippen LogP contribution in [0.15, 0.2) is 65.6 Å². The fourth-order valence-corrected chi connectivity index (χ4v) is 2.97. The fourth-order valence-electron chi connectivity index (χ4n) is 2.45. The van der Waals surface area contributed by atoms with Crippen molar-refractivity contribution >= 4 is 16.5 Å². The molecule has 3 aromatic carbocycles. The third-order valence-electron chi connectivity index (χ3n) is 3.79. The van der Waals surface area contributed by atoms with Crippen LogP contribution in [-0.2, 0) is 10.8 Å². The van der Waals surface area contributed by atoms with Crippen LogP contribution in [0.5, 0.6) is 11.5 Å². The van der Waals surface area contributed by atoms with Gasteiger partial charge in [0.2, 0.25) is 0 Å². The number of halogens is 2. The first-order valence-corrected chi connectivity index (χ1v) is 9.26. The number of hydrogen-bond donors (Lipinski definition) is 0. The second-order valence-electron chi connectivity index (χ2n) is 5.59. The zero-order valence-electron chi connectivity index (χ0n) is 14.0. The van der Waals surface area contributed by atoms with E-state index >= 15 is 0 Å². The molecule has 0 heterocycles. The van der Waals surface area contributed by atoms with Crippen molar-refractivity contribution in [3.8, 4) is 22.6 Å². The van der Waals surface area contributed by atoms with Gasteiger partial charge in [-0.2, -0.15) is 0 Å². The summed E-state index contributed by atoms with van der Waals surface area (Å²) in [7, 11) is -1.15. The molecule has 0 aliphatic heterocycles. The summed E-state index contributed by atoms with van der Waals surface area (Å²) in [5.74, 6) is -1.91. The normalized spacial score (nSPS) is 11.8. The molecule has 8 heteroatoms. The molecule has 1 unspecified atom stereocenters. The highest BCUT2D eigenvalue weighted by molar-refractivity contribution is 7.84. The average molecular weight is 389 g/mol. The SMILES string of the molecule is CS(=O)c1ccc(-c2ccc([N+](=O)[O-])cc2Oc2ccc(F)cc2F)cc1. The van der Waals surface area contributed by atoms with E-state index in [1.54, 1.807) is 30.5 Å². The van der Waals surface area contributed by atoms with Gasteiger partial charge in [0, 0.05) is 39.6 Å². The molecule has 0 amide bonds. The van der Waals surface area contributed by atoms with Gasteiger partial charge in [-0.1, -0.05) is 12.1 Å². The third-order valence-corrected chi connectivity index (χ3v) is 4.72. The van der Waals surface area contributed by atoms with Crippen molar-refractivity contribution in [3.05, 3.63) is 82.4 Å². The van der Waals surface area contributed by atoms with Crippen LogP contribution in [0.4, 0.5) is 14.5 Å². The zero-order valence-corrected chi connectivity index (χ0v) is 14.8. The van der Waals surface area contributed by atoms with Gasteiger partial charge in [-0.25, -0.2) is 8.78 Å². The van der Waals surface area contributed by atoms with Gasteiger partial charge in [-0.3, -0.25) is 14.3 Å². The Hall–Kier alpha value is -3.13. The van der Waals surface area contributed by atoms with E-state index in [1.807, 2.05) is 0 Å². The van der Waals surface area contributed by atoms with E-state index in [2.05, 4.69) is 0 Å². The summed E-state index contributed by atoms with van der Waals surface area (Å²) in [5.41, 5.74) is 0.872. The van der Waals surface area contributed by atoms with E-state index in [-0.39, 0.29) is 17.2 Å². The molecule has 27 heavy (non-hydrogen) atoms. The molecule has 0 saturated carbocycles. The van der Waals surface area contributed by atoms with Gasteiger partial charge >= 0.3 is 0 Å². The Morgan fingerprint density at radius 2 is 1.67 bits per heavy atom. The van der Waals surface area contributed by atoms with Crippen LogP contribution in [0.25, 0.3) is 11.1 Å². The van der Waals surface area contributed by atoms with Crippen molar-refractivity contribution in [2.24, 2.45) is 0 Å². The van der Waals surface area contributed by atoms with Gasteiger partial charge in [0.05, 0.1) is 11.0 Å². The minimum Gasteiger partial charge on any atom is -0.453 e. The lowest BCUT2D eigenvalue weighted by molar-refractivity contribution is -0.384. The maximum Gasteiger partial charge on any atom is 0.273 e. The van der Waals surface area contributed by atoms with Gasteiger partial charge in [0.25, 0.3) is 5.69 Å². The highest BCUT2D eigenvalue weighted by atomic mass is 32.2. The van der Waals surface area contributed by atoms with Gasteiger partial charge in [-0.15, -0.1) is 0 Å². The largest absolute Gasteiger partial charge is 0.453 e. The van der Waals surface area contributed by atoms with E-state index in [0.29, 0.717) is 22.1 Å². The first-order chi connectivity index (χ1) is 12.8. The quantitative estimate of drug-likeness (QED) is 0.451. The van der Waals surface area contributed by atoms with Crippen molar-refractivity contribution in [1.82, 2.24) is 0 Å². The van der Waals surface area contributed by atoms with Crippen molar-refractivity contribution in [1.29, 1.82) is 0 Å². The van der Waals surface area contributed by atoms with Crippen molar-refractivity contribution < 1.29 is 22.6 Å². The van der Waals surface area contributed by atoms with Gasteiger partial charge < -0.3 is 4.74 Å². The average Bonchev–Trinajstić information content (AvgIpc) is 2.64. The van der Waals surface area contributed by atoms with Gasteiger partial charge in [0.15, 0.2) is 11.6 Å². The lowest BCUT2D eigenvalue weighted by Gasteiger charge is -2.12. The molecule has 0 N–H and O–H groups in total. The molecule has 0 aromatic heterocycles. The van der Waals surface area contributed by atoms with Crippen molar-refractivity contribution in [3.63, 3.8) is 0 Å². The maximum atomic E-state index is 13.9. The molecule has 1 atom stereocenters. The minimum atomic E-state index is -1.15. The number of nitrogens with zero attached hydrogens (tertiary/aromatic N) is 1. The van der Waals surface area contributed by atoms with E-state index in [1.165, 1.54) is 18.2 Å². The molecule has 0 spiro atoms. The van der Waals surface area contributed by atoms with E-state index in [0.717, 1.165) is 12.1 Å². The van der Waals surface area contributed by atoms with Gasteiger partial charge in [-0.05, 0) is 35.9 Å². The van der Waals surface area contributed by atoms with Crippen LogP contribution in [-0.4, -0.2) is 15.4 Å². The van der Waals surface area contributed by atoms with Crippen LogP contribution < -0.4 is 4.74 Å². The molecular weight excluding hydrogens is 376 g/mol. The van der Waals surface area contributed by atoms with Crippen LogP contribution in [0, 0.1) is 21.7 Å². The fraction of sp³-hybridized carbons (Fsp3) is 0.0526. The summed E-state index contributed by atoms with van der Waals surface area (Å²) in [6.07, 6.45) is 1.55. The molecule has 0 saturated heterocycles. The molecular formula is C19H13F2NO4S. The predicted molar refractivity (Wildman–Crippen MR) is 97.3 cm³/mol. The van der Waals surface area contributed by atoms with Crippen molar-refractivity contribution in [2.75, 3.05) is 6.26 Å². The third kappa shape index (κ3) is 4.17. The molecule has 0 bridgehead atoms. The monoisotopic (exact) mass is 389 g/mol. The second kappa shape index (κ2) is 7.63. The Balaban J connectivity index is 2.07. The highest BCUT2D eigenvalue weighted by Crippen LogP contribution is 2.37. The standard InChI is InChI=1S/C19H13F2NO4S/c1-27(25)15-6-2-12(3-7-15)16-8-5-14(22(23)24)11-19(16)26-18-9-4-13(20)10-17(18)21/h2-11H,1H3. The van der Waals surface area contributed by atoms with E-state index in [4.69, 9.17) is 4.74 Å². The van der Waals surface area contributed by atoms with E-state index in [9.17, 15) is 23.1 Å². The summed E-state index contributed by atoms with van der Waals surface area (Å²) in [4.78, 5) is 11.1. The number of nitro benzene ring substituents is 1. The molecule has 0 aliphatic rings. The highest BCUT2D eigenvalue weighted by Gasteiger charge is 2.16. The van der Waals surface area contributed by atoms with Crippen LogP contribution >= 0.6 is 0 Å². The second-order valence-corrected chi connectivity index (χ2v) is 6.97. The molecule has 0 aliphatic carbocycles. The number of non-ortho nitro benzene ring substituents is 1. The van der Waals surface area contributed by atoms with Gasteiger partial charge in [0.1, 0.15) is 11.6 Å². The summed E-state index contributed by atoms with van der Waals surface area (Å²) in [5, 5.41) is 11.1. The molecule has 138 valence electrons. The lowest BCUT2D eigenvalue weighted by atomic mass is 10.0. The Labute approximate surface area is 155 Å². The van der Waals surface area contributed by atoms with E-state index < -0.39 is 27.4 Å². The molecule has 5 nitrogen and oxygen atoms in total. The molecule has 3 rings (SSSR count). The zero-order chi connectivity index (χ0) is 19.6. The topological polar surface area (TPSA) is 69.4 Å².